The lowest BCUT2D eigenvalue weighted by Crippen LogP contribution is -2.07. The van der Waals surface area contributed by atoms with E-state index in [1.54, 1.807) is 0 Å². The van der Waals surface area contributed by atoms with Crippen LogP contribution in [-0.4, -0.2) is 17.7 Å². The summed E-state index contributed by atoms with van der Waals surface area (Å²) < 4.78 is 5.15. The van der Waals surface area contributed by atoms with Gasteiger partial charge in [-0.1, -0.05) is 30.3 Å². The molecule has 2 aromatic rings. The molecule has 0 heterocycles. The van der Waals surface area contributed by atoms with E-state index in [1.165, 1.54) is 23.8 Å². The summed E-state index contributed by atoms with van der Waals surface area (Å²) in [6.07, 6.45) is 2.69. The molecule has 0 fully saturated rings. The van der Waals surface area contributed by atoms with Crippen LogP contribution in [0.3, 0.4) is 0 Å². The highest BCUT2D eigenvalue weighted by Crippen LogP contribution is 2.20. The first-order valence-corrected chi connectivity index (χ1v) is 6.96. The van der Waals surface area contributed by atoms with E-state index in [2.05, 4.69) is 12.1 Å². The molecule has 0 aliphatic carbocycles. The number of aryl methyl sites for hydroxylation is 1. The number of unbranched alkanes of at least 4 members (excludes halogenated alkanes) is 1. The average molecular weight is 285 g/mol. The number of benzene rings is 2. The third-order valence-corrected chi connectivity index (χ3v) is 3.18. The van der Waals surface area contributed by atoms with Crippen LogP contribution in [0.25, 0.3) is 0 Å². The van der Waals surface area contributed by atoms with Crippen molar-refractivity contribution in [2.75, 3.05) is 12.3 Å². The minimum absolute atomic E-state index is 0.109. The van der Waals surface area contributed by atoms with Crippen LogP contribution in [-0.2, 0) is 11.2 Å². The minimum atomic E-state index is -0.542. The molecule has 0 bridgehead atoms. The van der Waals surface area contributed by atoms with Gasteiger partial charge < -0.3 is 15.6 Å². The molecule has 0 atom stereocenters. The number of carbonyl (C=O) groups is 1. The van der Waals surface area contributed by atoms with Crippen molar-refractivity contribution in [2.24, 2.45) is 0 Å². The van der Waals surface area contributed by atoms with Gasteiger partial charge in [0.25, 0.3) is 0 Å². The summed E-state index contributed by atoms with van der Waals surface area (Å²) in [5, 5.41) is 9.60. The molecule has 0 spiro atoms. The molecule has 0 aliphatic heterocycles. The Labute approximate surface area is 124 Å². The number of hydrogen-bond acceptors (Lipinski definition) is 4. The number of esters is 1. The fraction of sp³-hybridized carbons (Fsp3) is 0.235. The van der Waals surface area contributed by atoms with E-state index in [4.69, 9.17) is 10.5 Å². The van der Waals surface area contributed by atoms with E-state index >= 15 is 0 Å². The molecule has 110 valence electrons. The minimum Gasteiger partial charge on any atom is -0.507 e. The van der Waals surface area contributed by atoms with Gasteiger partial charge in [0.15, 0.2) is 0 Å². The molecule has 4 heteroatoms. The smallest absolute Gasteiger partial charge is 0.341 e. The van der Waals surface area contributed by atoms with Crippen LogP contribution < -0.4 is 5.73 Å². The van der Waals surface area contributed by atoms with Crippen molar-refractivity contribution in [3.8, 4) is 5.75 Å². The van der Waals surface area contributed by atoms with Crippen molar-refractivity contribution in [1.29, 1.82) is 0 Å². The van der Waals surface area contributed by atoms with Gasteiger partial charge in [-0.25, -0.2) is 4.79 Å². The Balaban J connectivity index is 1.73. The van der Waals surface area contributed by atoms with Crippen molar-refractivity contribution < 1.29 is 14.6 Å². The Bertz CT molecular complexity index is 596. The highest BCUT2D eigenvalue weighted by Gasteiger charge is 2.12. The van der Waals surface area contributed by atoms with Gasteiger partial charge in [0.05, 0.1) is 6.61 Å². The van der Waals surface area contributed by atoms with Gasteiger partial charge in [0.2, 0.25) is 0 Å². The molecule has 3 N–H and O–H groups in total. The number of anilines is 1. The van der Waals surface area contributed by atoms with Gasteiger partial charge >= 0.3 is 5.97 Å². The first kappa shape index (κ1) is 14.9. The standard InChI is InChI=1S/C17H19NO3/c18-14-9-10-16(19)15(12-14)17(20)21-11-5-4-8-13-6-2-1-3-7-13/h1-3,6-7,9-10,12,19H,4-5,8,11,18H2. The fourth-order valence-corrected chi connectivity index (χ4v) is 2.04. The number of ether oxygens (including phenoxy) is 1. The number of phenols is 1. The first-order valence-electron chi connectivity index (χ1n) is 6.96. The average Bonchev–Trinajstić information content (AvgIpc) is 2.50. The zero-order valence-corrected chi connectivity index (χ0v) is 11.8. The van der Waals surface area contributed by atoms with Gasteiger partial charge in [0.1, 0.15) is 11.3 Å². The molecule has 0 saturated carbocycles. The maximum absolute atomic E-state index is 11.8. The van der Waals surface area contributed by atoms with E-state index in [1.807, 2.05) is 18.2 Å². The lowest BCUT2D eigenvalue weighted by atomic mass is 10.1. The maximum Gasteiger partial charge on any atom is 0.341 e. The van der Waals surface area contributed by atoms with Crippen molar-refractivity contribution in [3.05, 3.63) is 59.7 Å². The van der Waals surface area contributed by atoms with Crippen molar-refractivity contribution in [1.82, 2.24) is 0 Å². The topological polar surface area (TPSA) is 72.5 Å². The van der Waals surface area contributed by atoms with E-state index in [0.29, 0.717) is 12.3 Å². The van der Waals surface area contributed by atoms with Crippen molar-refractivity contribution >= 4 is 11.7 Å². The third-order valence-electron chi connectivity index (χ3n) is 3.18. The summed E-state index contributed by atoms with van der Waals surface area (Å²) in [4.78, 5) is 11.8. The van der Waals surface area contributed by atoms with Crippen LogP contribution >= 0.6 is 0 Å². The van der Waals surface area contributed by atoms with E-state index in [-0.39, 0.29) is 11.3 Å². The summed E-state index contributed by atoms with van der Waals surface area (Å²) >= 11 is 0. The Morgan fingerprint density at radius 2 is 1.86 bits per heavy atom. The van der Waals surface area contributed by atoms with E-state index in [9.17, 15) is 9.90 Å². The number of rotatable bonds is 6. The Hall–Kier alpha value is -2.49. The summed E-state index contributed by atoms with van der Waals surface area (Å²) in [5.74, 6) is -0.655. The zero-order valence-electron chi connectivity index (χ0n) is 11.8. The number of aromatic hydroxyl groups is 1. The van der Waals surface area contributed by atoms with Crippen LogP contribution in [0, 0.1) is 0 Å². The SMILES string of the molecule is Nc1ccc(O)c(C(=O)OCCCCc2ccccc2)c1. The number of nitrogens with two attached hydrogens (primary N) is 1. The normalized spacial score (nSPS) is 10.3. The molecule has 0 aliphatic rings. The third kappa shape index (κ3) is 4.53. The van der Waals surface area contributed by atoms with Crippen LogP contribution in [0.15, 0.2) is 48.5 Å². The second-order valence-corrected chi connectivity index (χ2v) is 4.86. The lowest BCUT2D eigenvalue weighted by molar-refractivity contribution is 0.0495. The van der Waals surface area contributed by atoms with Gasteiger partial charge in [-0.15, -0.1) is 0 Å². The maximum atomic E-state index is 11.8. The molecule has 2 rings (SSSR count). The second kappa shape index (κ2) is 7.33. The molecule has 0 amide bonds. The fourth-order valence-electron chi connectivity index (χ4n) is 2.04. The summed E-state index contributed by atoms with van der Waals surface area (Å²) in [5.41, 5.74) is 7.39. The lowest BCUT2D eigenvalue weighted by Gasteiger charge is -2.07. The predicted molar refractivity (Wildman–Crippen MR) is 82.2 cm³/mol. The molecule has 2 aromatic carbocycles. The van der Waals surface area contributed by atoms with E-state index in [0.717, 1.165) is 19.3 Å². The number of carbonyl (C=O) groups excluding carboxylic acids is 1. The summed E-state index contributed by atoms with van der Waals surface area (Å²) in [7, 11) is 0. The van der Waals surface area contributed by atoms with Gasteiger partial charge in [-0.05, 0) is 43.0 Å². The van der Waals surface area contributed by atoms with E-state index < -0.39 is 5.97 Å². The number of hydrogen-bond donors (Lipinski definition) is 2. The summed E-state index contributed by atoms with van der Waals surface area (Å²) in [6, 6.07) is 14.5. The largest absolute Gasteiger partial charge is 0.507 e. The second-order valence-electron chi connectivity index (χ2n) is 4.86. The molecule has 21 heavy (non-hydrogen) atoms. The van der Waals surface area contributed by atoms with Crippen LogP contribution in [0.4, 0.5) is 5.69 Å². The predicted octanol–water partition coefficient (Wildman–Crippen LogP) is 3.15. The van der Waals surface area contributed by atoms with Gasteiger partial charge in [-0.2, -0.15) is 0 Å². The Kier molecular flexibility index (Phi) is 5.21. The molecule has 0 unspecified atom stereocenters. The molecule has 0 radical (unpaired) electrons. The monoisotopic (exact) mass is 285 g/mol. The number of phenolic OH excluding ortho intramolecular Hbond substituents is 1. The molecule has 0 aromatic heterocycles. The quantitative estimate of drug-likeness (QED) is 0.370. The molecular formula is C17H19NO3. The van der Waals surface area contributed by atoms with Crippen LogP contribution in [0.5, 0.6) is 5.75 Å². The van der Waals surface area contributed by atoms with Gasteiger partial charge in [-0.3, -0.25) is 0 Å². The number of nitrogen functional groups attached to an aromatic ring is 1. The highest BCUT2D eigenvalue weighted by atomic mass is 16.5. The van der Waals surface area contributed by atoms with Crippen molar-refractivity contribution in [3.63, 3.8) is 0 Å². The molecule has 0 saturated heterocycles. The Morgan fingerprint density at radius 1 is 1.10 bits per heavy atom. The van der Waals surface area contributed by atoms with Crippen LogP contribution in [0.1, 0.15) is 28.8 Å². The zero-order chi connectivity index (χ0) is 15.1. The van der Waals surface area contributed by atoms with Gasteiger partial charge in [0, 0.05) is 5.69 Å². The highest BCUT2D eigenvalue weighted by molar-refractivity contribution is 5.93. The molecular weight excluding hydrogens is 266 g/mol. The van der Waals surface area contributed by atoms with Crippen LogP contribution in [0.2, 0.25) is 0 Å². The Morgan fingerprint density at radius 3 is 2.62 bits per heavy atom. The first-order chi connectivity index (χ1) is 10.2. The van der Waals surface area contributed by atoms with Crippen molar-refractivity contribution in [2.45, 2.75) is 19.3 Å². The summed E-state index contributed by atoms with van der Waals surface area (Å²) in [6.45, 7) is 0.333. The molecule has 4 nitrogen and oxygen atoms in total.